The highest BCUT2D eigenvalue weighted by Crippen LogP contribution is 2.23. The van der Waals surface area contributed by atoms with Gasteiger partial charge in [-0.1, -0.05) is 36.4 Å². The molecule has 4 aromatic rings. The second-order valence-electron chi connectivity index (χ2n) is 5.81. The van der Waals surface area contributed by atoms with Gasteiger partial charge in [-0.3, -0.25) is 4.99 Å². The maximum atomic E-state index is 13.3. The molecule has 0 radical (unpaired) electrons. The smallest absolute Gasteiger partial charge is 0.123 e. The van der Waals surface area contributed by atoms with Crippen molar-refractivity contribution in [3.63, 3.8) is 0 Å². The Morgan fingerprint density at radius 1 is 0.808 bits per heavy atom. The molecule has 0 unspecified atom stereocenters. The summed E-state index contributed by atoms with van der Waals surface area (Å²) in [6.45, 7) is 0. The molecule has 0 aliphatic carbocycles. The molecular weight excluding hydrogens is 325 g/mol. The van der Waals surface area contributed by atoms with Crippen LogP contribution in [0.15, 0.2) is 96.1 Å². The molecule has 0 spiro atoms. The van der Waals surface area contributed by atoms with E-state index in [0.29, 0.717) is 0 Å². The van der Waals surface area contributed by atoms with E-state index in [0.717, 1.165) is 28.2 Å². The van der Waals surface area contributed by atoms with Crippen molar-refractivity contribution in [2.45, 2.75) is 0 Å². The quantitative estimate of drug-likeness (QED) is 0.455. The molecule has 0 N–H and O–H groups in total. The summed E-state index contributed by atoms with van der Waals surface area (Å²) in [5, 5.41) is 4.70. The minimum atomic E-state index is -0.268. The van der Waals surface area contributed by atoms with E-state index in [9.17, 15) is 4.39 Å². The molecule has 1 aromatic heterocycles. The largest absolute Gasteiger partial charge is 0.256 e. The summed E-state index contributed by atoms with van der Waals surface area (Å²) in [6, 6.07) is 25.9. The molecule has 4 rings (SSSR count). The zero-order chi connectivity index (χ0) is 17.8. The summed E-state index contributed by atoms with van der Waals surface area (Å²) in [5.41, 5.74) is 4.29. The van der Waals surface area contributed by atoms with Gasteiger partial charge in [0.1, 0.15) is 11.5 Å². The van der Waals surface area contributed by atoms with Crippen LogP contribution in [0.5, 0.6) is 0 Å². The number of benzene rings is 3. The first kappa shape index (κ1) is 16.0. The lowest BCUT2D eigenvalue weighted by atomic mass is 10.1. The second kappa shape index (κ2) is 7.15. The Morgan fingerprint density at radius 3 is 2.15 bits per heavy atom. The average Bonchev–Trinajstić information content (AvgIpc) is 3.13. The standard InChI is InChI=1S/C22H16FN3/c23-19-13-11-17(12-14-19)22-18(15-24-20-7-3-1-4-8-20)16-26(25-22)21-9-5-2-6-10-21/h1-16H/b24-15+. The van der Waals surface area contributed by atoms with E-state index in [2.05, 4.69) is 4.99 Å². The summed E-state index contributed by atoms with van der Waals surface area (Å²) in [5.74, 6) is -0.268. The van der Waals surface area contributed by atoms with Gasteiger partial charge in [0.05, 0.1) is 11.4 Å². The van der Waals surface area contributed by atoms with Crippen molar-refractivity contribution < 1.29 is 4.39 Å². The Labute approximate surface area is 151 Å². The highest BCUT2D eigenvalue weighted by molar-refractivity contribution is 5.90. The predicted molar refractivity (Wildman–Crippen MR) is 103 cm³/mol. The van der Waals surface area contributed by atoms with Gasteiger partial charge in [-0.25, -0.2) is 9.07 Å². The van der Waals surface area contributed by atoms with Crippen LogP contribution in [0.2, 0.25) is 0 Å². The number of hydrogen-bond donors (Lipinski definition) is 0. The maximum absolute atomic E-state index is 13.3. The lowest BCUT2D eigenvalue weighted by Crippen LogP contribution is -1.94. The molecule has 126 valence electrons. The molecule has 26 heavy (non-hydrogen) atoms. The van der Waals surface area contributed by atoms with E-state index in [4.69, 9.17) is 5.10 Å². The van der Waals surface area contributed by atoms with E-state index in [1.54, 1.807) is 18.3 Å². The molecule has 0 atom stereocenters. The Balaban J connectivity index is 1.79. The van der Waals surface area contributed by atoms with Crippen molar-refractivity contribution in [2.75, 3.05) is 0 Å². The normalized spacial score (nSPS) is 11.1. The van der Waals surface area contributed by atoms with Crippen molar-refractivity contribution in [3.8, 4) is 16.9 Å². The molecule has 3 aromatic carbocycles. The minimum absolute atomic E-state index is 0.268. The van der Waals surface area contributed by atoms with Crippen LogP contribution >= 0.6 is 0 Å². The molecule has 4 heteroatoms. The van der Waals surface area contributed by atoms with Gasteiger partial charge in [0, 0.05) is 23.5 Å². The van der Waals surface area contributed by atoms with Gasteiger partial charge in [0.2, 0.25) is 0 Å². The van der Waals surface area contributed by atoms with E-state index in [-0.39, 0.29) is 5.82 Å². The highest BCUT2D eigenvalue weighted by atomic mass is 19.1. The molecular formula is C22H16FN3. The van der Waals surface area contributed by atoms with Gasteiger partial charge in [0.15, 0.2) is 0 Å². The fraction of sp³-hybridized carbons (Fsp3) is 0. The zero-order valence-electron chi connectivity index (χ0n) is 14.0. The highest BCUT2D eigenvalue weighted by Gasteiger charge is 2.11. The van der Waals surface area contributed by atoms with E-state index >= 15 is 0 Å². The number of hydrogen-bond acceptors (Lipinski definition) is 2. The van der Waals surface area contributed by atoms with Crippen molar-refractivity contribution in [2.24, 2.45) is 4.99 Å². The number of halogens is 1. The molecule has 0 aliphatic heterocycles. The SMILES string of the molecule is Fc1ccc(-c2nn(-c3ccccc3)cc2/C=N/c2ccccc2)cc1. The van der Waals surface area contributed by atoms with Gasteiger partial charge in [-0.05, 0) is 48.5 Å². The maximum Gasteiger partial charge on any atom is 0.123 e. The van der Waals surface area contributed by atoms with E-state index in [1.807, 2.05) is 71.5 Å². The third-order valence-corrected chi connectivity index (χ3v) is 3.99. The molecule has 3 nitrogen and oxygen atoms in total. The van der Waals surface area contributed by atoms with E-state index < -0.39 is 0 Å². The van der Waals surface area contributed by atoms with Crippen LogP contribution < -0.4 is 0 Å². The third kappa shape index (κ3) is 3.44. The van der Waals surface area contributed by atoms with Crippen LogP contribution in [0.1, 0.15) is 5.56 Å². The Hall–Kier alpha value is -3.53. The van der Waals surface area contributed by atoms with Gasteiger partial charge in [0.25, 0.3) is 0 Å². The van der Waals surface area contributed by atoms with Crippen LogP contribution in [0.3, 0.4) is 0 Å². The zero-order valence-corrected chi connectivity index (χ0v) is 14.0. The van der Waals surface area contributed by atoms with Gasteiger partial charge < -0.3 is 0 Å². The van der Waals surface area contributed by atoms with E-state index in [1.165, 1.54) is 12.1 Å². The second-order valence-corrected chi connectivity index (χ2v) is 5.81. The summed E-state index contributed by atoms with van der Waals surface area (Å²) in [4.78, 5) is 4.53. The number of aliphatic imine (C=N–C) groups is 1. The van der Waals surface area contributed by atoms with Crippen LogP contribution in [0, 0.1) is 5.82 Å². The molecule has 0 bridgehead atoms. The number of para-hydroxylation sites is 2. The van der Waals surface area contributed by atoms with Crippen molar-refractivity contribution >= 4 is 11.9 Å². The first-order valence-electron chi connectivity index (χ1n) is 8.30. The van der Waals surface area contributed by atoms with Crippen LogP contribution in [0.4, 0.5) is 10.1 Å². The molecule has 0 saturated heterocycles. The van der Waals surface area contributed by atoms with Gasteiger partial charge >= 0.3 is 0 Å². The lowest BCUT2D eigenvalue weighted by molar-refractivity contribution is 0.628. The fourth-order valence-electron chi connectivity index (χ4n) is 2.68. The Bertz CT molecular complexity index is 1020. The van der Waals surface area contributed by atoms with Crippen LogP contribution in [-0.2, 0) is 0 Å². The minimum Gasteiger partial charge on any atom is -0.256 e. The Morgan fingerprint density at radius 2 is 1.46 bits per heavy atom. The van der Waals surface area contributed by atoms with Crippen molar-refractivity contribution in [1.82, 2.24) is 9.78 Å². The summed E-state index contributed by atoms with van der Waals surface area (Å²) < 4.78 is 15.1. The number of aromatic nitrogens is 2. The molecule has 0 amide bonds. The monoisotopic (exact) mass is 341 g/mol. The number of nitrogens with zero attached hydrogens (tertiary/aromatic N) is 3. The van der Waals surface area contributed by atoms with Crippen LogP contribution in [-0.4, -0.2) is 16.0 Å². The van der Waals surface area contributed by atoms with Gasteiger partial charge in [-0.15, -0.1) is 0 Å². The topological polar surface area (TPSA) is 30.2 Å². The Kier molecular flexibility index (Phi) is 4.39. The first-order valence-corrected chi connectivity index (χ1v) is 8.30. The summed E-state index contributed by atoms with van der Waals surface area (Å²) in [7, 11) is 0. The van der Waals surface area contributed by atoms with Crippen molar-refractivity contribution in [1.29, 1.82) is 0 Å². The molecule has 0 fully saturated rings. The predicted octanol–water partition coefficient (Wildman–Crippen LogP) is 5.43. The molecule has 0 aliphatic rings. The third-order valence-electron chi connectivity index (χ3n) is 3.99. The van der Waals surface area contributed by atoms with Crippen LogP contribution in [0.25, 0.3) is 16.9 Å². The van der Waals surface area contributed by atoms with Gasteiger partial charge in [-0.2, -0.15) is 5.10 Å². The fourth-order valence-corrected chi connectivity index (χ4v) is 2.68. The molecule has 0 saturated carbocycles. The first-order chi connectivity index (χ1) is 12.8. The van der Waals surface area contributed by atoms with Crippen molar-refractivity contribution in [3.05, 3.63) is 103 Å². The summed E-state index contributed by atoms with van der Waals surface area (Å²) in [6.07, 6.45) is 3.72. The molecule has 1 heterocycles. The number of rotatable bonds is 4. The summed E-state index contributed by atoms with van der Waals surface area (Å²) >= 11 is 0. The average molecular weight is 341 g/mol. The lowest BCUT2D eigenvalue weighted by Gasteiger charge is -2.00.